The molecule has 0 radical (unpaired) electrons. The van der Waals surface area contributed by atoms with E-state index in [1.54, 1.807) is 14.2 Å². The maximum Gasteiger partial charge on any atom is 0.164 e. The number of nitrogens with one attached hydrogen (secondary N) is 1. The van der Waals surface area contributed by atoms with E-state index in [2.05, 4.69) is 46.7 Å². The fraction of sp³-hybridized carbons (Fsp3) is 0.391. The fourth-order valence-electron chi connectivity index (χ4n) is 5.41. The lowest BCUT2D eigenvalue weighted by molar-refractivity contribution is -0.741. The maximum absolute atomic E-state index is 5.79. The zero-order valence-corrected chi connectivity index (χ0v) is 16.0. The zero-order chi connectivity index (χ0) is 18.4. The van der Waals surface area contributed by atoms with Gasteiger partial charge in [0.25, 0.3) is 0 Å². The van der Waals surface area contributed by atoms with E-state index in [0.29, 0.717) is 0 Å². The lowest BCUT2D eigenvalue weighted by atomic mass is 9.78. The number of ether oxygens (including phenoxy) is 2. The average molecular weight is 363 g/mol. The summed E-state index contributed by atoms with van der Waals surface area (Å²) < 4.78 is 11.4. The van der Waals surface area contributed by atoms with E-state index in [1.165, 1.54) is 53.4 Å². The smallest absolute Gasteiger partial charge is 0.164 e. The highest BCUT2D eigenvalue weighted by molar-refractivity contribution is 5.86. The van der Waals surface area contributed by atoms with Gasteiger partial charge in [-0.3, -0.25) is 0 Å². The van der Waals surface area contributed by atoms with Gasteiger partial charge in [-0.15, -0.1) is 0 Å². The molecule has 2 aliphatic rings. The normalized spacial score (nSPS) is 20.7. The zero-order valence-electron chi connectivity index (χ0n) is 16.0. The highest BCUT2D eigenvalue weighted by Crippen LogP contribution is 2.47. The molecule has 4 nitrogen and oxygen atoms in total. The van der Waals surface area contributed by atoms with Crippen LogP contribution in [-0.4, -0.2) is 25.7 Å². The Morgan fingerprint density at radius 2 is 1.81 bits per heavy atom. The number of aromatic amines is 1. The van der Waals surface area contributed by atoms with Crippen LogP contribution in [0.3, 0.4) is 0 Å². The minimum atomic E-state index is 0.219. The molecule has 0 amide bonds. The predicted molar refractivity (Wildman–Crippen MR) is 107 cm³/mol. The second-order valence-corrected chi connectivity index (χ2v) is 7.90. The summed E-state index contributed by atoms with van der Waals surface area (Å²) in [6.07, 6.45) is 5.15. The van der Waals surface area contributed by atoms with E-state index < -0.39 is 0 Å². The van der Waals surface area contributed by atoms with Crippen LogP contribution in [0.2, 0.25) is 0 Å². The number of aromatic nitrogens is 1. The Labute approximate surface area is 159 Å². The lowest BCUT2D eigenvalue weighted by Crippen LogP contribution is -2.96. The molecule has 2 heterocycles. The summed E-state index contributed by atoms with van der Waals surface area (Å²) in [5, 5.41) is 3.93. The van der Waals surface area contributed by atoms with Crippen molar-refractivity contribution in [3.63, 3.8) is 0 Å². The average Bonchev–Trinajstić information content (AvgIpc) is 3.34. The third kappa shape index (κ3) is 2.39. The Morgan fingerprint density at radius 3 is 2.59 bits per heavy atom. The second kappa shape index (κ2) is 6.31. The number of rotatable bonds is 3. The van der Waals surface area contributed by atoms with E-state index in [1.807, 2.05) is 6.07 Å². The van der Waals surface area contributed by atoms with Crippen molar-refractivity contribution < 1.29 is 14.8 Å². The van der Waals surface area contributed by atoms with Crippen molar-refractivity contribution in [2.75, 3.05) is 20.8 Å². The highest BCUT2D eigenvalue weighted by atomic mass is 16.5. The van der Waals surface area contributed by atoms with Crippen LogP contribution in [0.4, 0.5) is 0 Å². The molecule has 0 unspecified atom stereocenters. The van der Waals surface area contributed by atoms with Crippen LogP contribution < -0.4 is 14.8 Å². The number of methoxy groups -OCH3 is 2. The third-order valence-corrected chi connectivity index (χ3v) is 6.64. The van der Waals surface area contributed by atoms with Crippen molar-refractivity contribution in [2.24, 2.45) is 0 Å². The summed E-state index contributed by atoms with van der Waals surface area (Å²) in [6, 6.07) is 15.0. The van der Waals surface area contributed by atoms with Crippen LogP contribution in [0, 0.1) is 0 Å². The summed E-state index contributed by atoms with van der Waals surface area (Å²) in [7, 11) is 3.45. The van der Waals surface area contributed by atoms with Crippen LogP contribution in [-0.2, 0) is 5.54 Å². The number of benzene rings is 2. The number of H-pyrrole nitrogens is 1. The van der Waals surface area contributed by atoms with Crippen LogP contribution in [0.5, 0.6) is 11.5 Å². The van der Waals surface area contributed by atoms with Gasteiger partial charge in [0.05, 0.1) is 32.4 Å². The third-order valence-electron chi connectivity index (χ3n) is 6.64. The van der Waals surface area contributed by atoms with Crippen LogP contribution in [0.15, 0.2) is 42.5 Å². The van der Waals surface area contributed by atoms with Gasteiger partial charge >= 0.3 is 0 Å². The Morgan fingerprint density at radius 1 is 1.00 bits per heavy atom. The van der Waals surface area contributed by atoms with Gasteiger partial charge in [-0.1, -0.05) is 30.3 Å². The second-order valence-electron chi connectivity index (χ2n) is 7.90. The van der Waals surface area contributed by atoms with Gasteiger partial charge in [0.15, 0.2) is 11.5 Å². The Bertz CT molecular complexity index is 985. The molecule has 0 bridgehead atoms. The quantitative estimate of drug-likeness (QED) is 0.746. The van der Waals surface area contributed by atoms with Gasteiger partial charge in [0.1, 0.15) is 5.54 Å². The van der Waals surface area contributed by atoms with Crippen molar-refractivity contribution in [3.05, 3.63) is 59.3 Å². The molecule has 0 saturated heterocycles. The van der Waals surface area contributed by atoms with Crippen LogP contribution in [0.1, 0.15) is 48.4 Å². The molecule has 3 N–H and O–H groups in total. The van der Waals surface area contributed by atoms with Crippen molar-refractivity contribution in [1.82, 2.24) is 4.98 Å². The molecule has 27 heavy (non-hydrogen) atoms. The lowest BCUT2D eigenvalue weighted by Gasteiger charge is -2.36. The summed E-state index contributed by atoms with van der Waals surface area (Å²) in [5.41, 5.74) is 5.57. The van der Waals surface area contributed by atoms with Crippen molar-refractivity contribution in [3.8, 4) is 11.5 Å². The van der Waals surface area contributed by atoms with Gasteiger partial charge in [0.2, 0.25) is 0 Å². The van der Waals surface area contributed by atoms with E-state index in [9.17, 15) is 0 Å². The summed E-state index contributed by atoms with van der Waals surface area (Å²) in [5.74, 6) is 1.95. The minimum Gasteiger partial charge on any atom is -0.493 e. The van der Waals surface area contributed by atoms with E-state index in [-0.39, 0.29) is 11.5 Å². The van der Waals surface area contributed by atoms with E-state index in [0.717, 1.165) is 18.0 Å². The summed E-state index contributed by atoms with van der Waals surface area (Å²) >= 11 is 0. The fourth-order valence-corrected chi connectivity index (χ4v) is 5.41. The van der Waals surface area contributed by atoms with Gasteiger partial charge in [-0.25, -0.2) is 0 Å². The molecule has 1 aliphatic carbocycles. The first-order chi connectivity index (χ1) is 13.3. The molecular formula is C23H27N2O2+. The first-order valence-electron chi connectivity index (χ1n) is 9.94. The summed E-state index contributed by atoms with van der Waals surface area (Å²) in [4.78, 5) is 3.81. The monoisotopic (exact) mass is 363 g/mol. The van der Waals surface area contributed by atoms with Gasteiger partial charge in [-0.05, 0) is 25.0 Å². The van der Waals surface area contributed by atoms with Crippen molar-refractivity contribution in [2.45, 2.75) is 37.1 Å². The maximum atomic E-state index is 5.79. The highest BCUT2D eigenvalue weighted by Gasteiger charge is 2.48. The molecule has 1 spiro atoms. The molecule has 4 heteroatoms. The minimum absolute atomic E-state index is 0.219. The molecule has 3 aromatic rings. The molecule has 1 aromatic heterocycles. The number of hydrogen-bond acceptors (Lipinski definition) is 2. The topological polar surface area (TPSA) is 50.9 Å². The first kappa shape index (κ1) is 16.7. The van der Waals surface area contributed by atoms with Crippen molar-refractivity contribution in [1.29, 1.82) is 0 Å². The van der Waals surface area contributed by atoms with Crippen LogP contribution in [0.25, 0.3) is 10.9 Å². The Hall–Kier alpha value is -2.46. The predicted octanol–water partition coefficient (Wildman–Crippen LogP) is 3.66. The Balaban J connectivity index is 1.75. The number of fused-ring (bicyclic) bond motifs is 4. The molecule has 140 valence electrons. The van der Waals surface area contributed by atoms with Gasteiger partial charge in [-0.2, -0.15) is 0 Å². The molecular weight excluding hydrogens is 336 g/mol. The van der Waals surface area contributed by atoms with Gasteiger partial charge < -0.3 is 19.8 Å². The number of quaternary nitrogens is 1. The number of para-hydroxylation sites is 2. The standard InChI is InChI=1S/C23H26N2O2/c1-26-19-11-7-9-15(21(19)27-2)17-14-24-23(12-5-6-13-23)22-20(17)16-8-3-4-10-18(16)25-22/h3-4,7-11,17,24-25H,5-6,12-14H2,1-2H3/p+1/t17-/m0/s1. The molecule has 1 aliphatic heterocycles. The van der Waals surface area contributed by atoms with E-state index in [4.69, 9.17) is 9.47 Å². The number of hydrogen-bond donors (Lipinski definition) is 2. The van der Waals surface area contributed by atoms with Crippen molar-refractivity contribution >= 4 is 10.9 Å². The van der Waals surface area contributed by atoms with E-state index >= 15 is 0 Å². The van der Waals surface area contributed by atoms with Gasteiger partial charge in [0, 0.05) is 34.9 Å². The first-order valence-corrected chi connectivity index (χ1v) is 9.94. The molecule has 1 fully saturated rings. The van der Waals surface area contributed by atoms with Crippen LogP contribution >= 0.6 is 0 Å². The molecule has 2 aromatic carbocycles. The SMILES string of the molecule is COc1cccc([C@@H]2C[NH2+]C3(CCCC3)c3[nH]c4ccccc4c32)c1OC. The largest absolute Gasteiger partial charge is 0.493 e. The molecule has 1 saturated carbocycles. The molecule has 1 atom stereocenters. The summed E-state index contributed by atoms with van der Waals surface area (Å²) in [6.45, 7) is 1.04. The number of nitrogens with two attached hydrogens (primary N) is 1. The molecule has 5 rings (SSSR count). The Kier molecular flexibility index (Phi) is 3.90.